The predicted molar refractivity (Wildman–Crippen MR) is 86.4 cm³/mol. The molecule has 1 fully saturated rings. The minimum absolute atomic E-state index is 0.381. The van der Waals surface area contributed by atoms with Crippen LogP contribution in [0.15, 0.2) is 54.6 Å². The Bertz CT molecular complexity index is 567. The second kappa shape index (κ2) is 6.77. The first kappa shape index (κ1) is 14.2. The van der Waals surface area contributed by atoms with Crippen LogP contribution in [0.1, 0.15) is 42.7 Å². The first-order valence-corrected chi connectivity index (χ1v) is 7.87. The van der Waals surface area contributed by atoms with Crippen LogP contribution in [0.3, 0.4) is 0 Å². The first-order chi connectivity index (χ1) is 10.3. The van der Waals surface area contributed by atoms with Gasteiger partial charge in [-0.25, -0.2) is 0 Å². The van der Waals surface area contributed by atoms with Gasteiger partial charge in [-0.15, -0.1) is 0 Å². The molecule has 0 saturated heterocycles. The van der Waals surface area contributed by atoms with Crippen LogP contribution in [0.25, 0.3) is 0 Å². The van der Waals surface area contributed by atoms with Crippen LogP contribution < -0.4 is 5.32 Å². The van der Waals surface area contributed by atoms with Crippen LogP contribution in [0.2, 0.25) is 0 Å². The molecule has 0 bridgehead atoms. The maximum atomic E-state index is 9.65. The van der Waals surface area contributed by atoms with Crippen LogP contribution in [0, 0.1) is 0 Å². The van der Waals surface area contributed by atoms with Crippen molar-refractivity contribution in [3.63, 3.8) is 0 Å². The number of hydrogen-bond acceptors (Lipinski definition) is 2. The summed E-state index contributed by atoms with van der Waals surface area (Å²) in [6.45, 7) is 0.943. The molecule has 2 nitrogen and oxygen atoms in total. The first-order valence-electron chi connectivity index (χ1n) is 7.87. The molecule has 2 unspecified atom stereocenters. The average molecular weight is 281 g/mol. The van der Waals surface area contributed by atoms with E-state index in [0.717, 1.165) is 13.0 Å². The van der Waals surface area contributed by atoms with Crippen LogP contribution in [0.4, 0.5) is 0 Å². The number of phenolic OH excluding ortho intramolecular Hbond substituents is 1. The lowest BCUT2D eigenvalue weighted by atomic mass is 9.81. The van der Waals surface area contributed by atoms with Gasteiger partial charge in [0.1, 0.15) is 5.75 Å². The zero-order chi connectivity index (χ0) is 14.5. The van der Waals surface area contributed by atoms with Gasteiger partial charge in [0.15, 0.2) is 0 Å². The van der Waals surface area contributed by atoms with E-state index in [4.69, 9.17) is 0 Å². The summed E-state index contributed by atoms with van der Waals surface area (Å²) >= 11 is 0. The van der Waals surface area contributed by atoms with Crippen molar-refractivity contribution in [2.75, 3.05) is 0 Å². The molecular weight excluding hydrogens is 258 g/mol. The lowest BCUT2D eigenvalue weighted by molar-refractivity contribution is 0.337. The zero-order valence-electron chi connectivity index (χ0n) is 12.3. The second-order valence-electron chi connectivity index (χ2n) is 6.02. The normalized spacial score (nSPS) is 22.1. The molecule has 1 aliphatic carbocycles. The molecule has 3 rings (SSSR count). The maximum Gasteiger partial charge on any atom is 0.115 e. The van der Waals surface area contributed by atoms with Gasteiger partial charge in [-0.05, 0) is 48.4 Å². The smallest absolute Gasteiger partial charge is 0.115 e. The predicted octanol–water partition coefficient (Wildman–Crippen LogP) is 4.21. The summed E-state index contributed by atoms with van der Waals surface area (Å²) in [6, 6.07) is 18.9. The molecule has 110 valence electrons. The molecule has 2 aromatic carbocycles. The fourth-order valence-electron chi connectivity index (χ4n) is 3.31. The Morgan fingerprint density at radius 2 is 1.86 bits per heavy atom. The molecule has 0 radical (unpaired) electrons. The summed E-state index contributed by atoms with van der Waals surface area (Å²) in [7, 11) is 0. The fourth-order valence-corrected chi connectivity index (χ4v) is 3.31. The SMILES string of the molecule is Oc1cccc(C2CCCC(NCc3ccccc3)C2)c1. The Kier molecular flexibility index (Phi) is 4.56. The molecule has 0 heterocycles. The summed E-state index contributed by atoms with van der Waals surface area (Å²) in [5.41, 5.74) is 2.62. The molecule has 1 saturated carbocycles. The zero-order valence-corrected chi connectivity index (χ0v) is 12.3. The van der Waals surface area contributed by atoms with Gasteiger partial charge in [0.25, 0.3) is 0 Å². The van der Waals surface area contributed by atoms with Crippen LogP contribution in [-0.2, 0) is 6.54 Å². The topological polar surface area (TPSA) is 32.3 Å². The third kappa shape index (κ3) is 3.85. The van der Waals surface area contributed by atoms with Crippen LogP contribution >= 0.6 is 0 Å². The minimum atomic E-state index is 0.381. The van der Waals surface area contributed by atoms with Crippen molar-refractivity contribution in [3.05, 3.63) is 65.7 Å². The van der Waals surface area contributed by atoms with Crippen molar-refractivity contribution < 1.29 is 5.11 Å². The lowest BCUT2D eigenvalue weighted by Crippen LogP contribution is -2.33. The van der Waals surface area contributed by atoms with Gasteiger partial charge in [0.2, 0.25) is 0 Å². The van der Waals surface area contributed by atoms with E-state index < -0.39 is 0 Å². The number of phenols is 1. The highest BCUT2D eigenvalue weighted by molar-refractivity contribution is 5.30. The molecular formula is C19H23NO. The van der Waals surface area contributed by atoms with Gasteiger partial charge in [0.05, 0.1) is 0 Å². The number of benzene rings is 2. The summed E-state index contributed by atoms with van der Waals surface area (Å²) in [4.78, 5) is 0. The van der Waals surface area contributed by atoms with Gasteiger partial charge in [-0.3, -0.25) is 0 Å². The largest absolute Gasteiger partial charge is 0.508 e. The van der Waals surface area contributed by atoms with E-state index in [-0.39, 0.29) is 0 Å². The fraction of sp³-hybridized carbons (Fsp3) is 0.368. The molecule has 0 spiro atoms. The third-order valence-electron chi connectivity index (χ3n) is 4.45. The number of hydrogen-bond donors (Lipinski definition) is 2. The summed E-state index contributed by atoms with van der Waals surface area (Å²) in [6.07, 6.45) is 4.90. The molecule has 2 atom stereocenters. The average Bonchev–Trinajstić information content (AvgIpc) is 2.54. The van der Waals surface area contributed by atoms with E-state index >= 15 is 0 Å². The molecule has 1 aliphatic rings. The van der Waals surface area contributed by atoms with E-state index in [1.165, 1.54) is 30.4 Å². The Hall–Kier alpha value is -1.80. The van der Waals surface area contributed by atoms with Crippen molar-refractivity contribution in [3.8, 4) is 5.75 Å². The Morgan fingerprint density at radius 1 is 1.00 bits per heavy atom. The van der Waals surface area contributed by atoms with E-state index in [1.807, 2.05) is 12.1 Å². The highest BCUT2D eigenvalue weighted by atomic mass is 16.3. The van der Waals surface area contributed by atoms with Crippen molar-refractivity contribution in [2.24, 2.45) is 0 Å². The van der Waals surface area contributed by atoms with Crippen LogP contribution in [0.5, 0.6) is 5.75 Å². The summed E-state index contributed by atoms with van der Waals surface area (Å²) in [5.74, 6) is 0.950. The number of nitrogens with one attached hydrogen (secondary N) is 1. The van der Waals surface area contributed by atoms with Crippen molar-refractivity contribution in [2.45, 2.75) is 44.2 Å². The highest BCUT2D eigenvalue weighted by Crippen LogP contribution is 2.34. The maximum absolute atomic E-state index is 9.65. The van der Waals surface area contributed by atoms with Crippen molar-refractivity contribution in [1.29, 1.82) is 0 Å². The van der Waals surface area contributed by atoms with E-state index in [2.05, 4.69) is 41.7 Å². The minimum Gasteiger partial charge on any atom is -0.508 e. The van der Waals surface area contributed by atoms with Gasteiger partial charge < -0.3 is 10.4 Å². The van der Waals surface area contributed by atoms with E-state index in [9.17, 15) is 5.11 Å². The molecule has 0 aliphatic heterocycles. The molecule has 2 aromatic rings. The van der Waals surface area contributed by atoms with Crippen molar-refractivity contribution in [1.82, 2.24) is 5.32 Å². The molecule has 0 aromatic heterocycles. The monoisotopic (exact) mass is 281 g/mol. The number of aromatic hydroxyl groups is 1. The standard InChI is InChI=1S/C19H23NO/c21-19-11-5-9-17(13-19)16-8-4-10-18(12-16)20-14-15-6-2-1-3-7-15/h1-3,5-7,9,11,13,16,18,20-21H,4,8,10,12,14H2. The summed E-state index contributed by atoms with van der Waals surface area (Å²) in [5, 5.41) is 13.3. The summed E-state index contributed by atoms with van der Waals surface area (Å²) < 4.78 is 0. The van der Waals surface area contributed by atoms with E-state index in [1.54, 1.807) is 6.07 Å². The molecule has 21 heavy (non-hydrogen) atoms. The van der Waals surface area contributed by atoms with Gasteiger partial charge in [0, 0.05) is 12.6 Å². The van der Waals surface area contributed by atoms with Gasteiger partial charge in [-0.1, -0.05) is 48.9 Å². The Balaban J connectivity index is 1.58. The van der Waals surface area contributed by atoms with E-state index in [0.29, 0.717) is 17.7 Å². The molecule has 2 N–H and O–H groups in total. The van der Waals surface area contributed by atoms with Gasteiger partial charge >= 0.3 is 0 Å². The lowest BCUT2D eigenvalue weighted by Gasteiger charge is -2.30. The molecule has 0 amide bonds. The van der Waals surface area contributed by atoms with Crippen LogP contribution in [-0.4, -0.2) is 11.1 Å². The Labute approximate surface area is 126 Å². The molecule has 2 heteroatoms. The van der Waals surface area contributed by atoms with Crippen molar-refractivity contribution >= 4 is 0 Å². The highest BCUT2D eigenvalue weighted by Gasteiger charge is 2.23. The quantitative estimate of drug-likeness (QED) is 0.880. The Morgan fingerprint density at radius 3 is 2.67 bits per heavy atom. The third-order valence-corrected chi connectivity index (χ3v) is 4.45. The van der Waals surface area contributed by atoms with Gasteiger partial charge in [-0.2, -0.15) is 0 Å². The number of rotatable bonds is 4. The second-order valence-corrected chi connectivity index (χ2v) is 6.02.